The van der Waals surface area contributed by atoms with Gasteiger partial charge in [-0.1, -0.05) is 25.7 Å². The summed E-state index contributed by atoms with van der Waals surface area (Å²) in [6.07, 6.45) is 8.62. The van der Waals surface area contributed by atoms with E-state index in [2.05, 4.69) is 4.90 Å². The van der Waals surface area contributed by atoms with Crippen LogP contribution >= 0.6 is 0 Å². The van der Waals surface area contributed by atoms with Crippen LogP contribution in [0.4, 0.5) is 0 Å². The van der Waals surface area contributed by atoms with E-state index < -0.39 is 11.5 Å². The van der Waals surface area contributed by atoms with Crippen LogP contribution in [-0.2, 0) is 4.79 Å². The summed E-state index contributed by atoms with van der Waals surface area (Å²) in [6, 6.07) is 0. The van der Waals surface area contributed by atoms with E-state index >= 15 is 0 Å². The maximum atomic E-state index is 11.1. The molecule has 1 aliphatic heterocycles. The zero-order chi connectivity index (χ0) is 12.3. The molecule has 2 fully saturated rings. The van der Waals surface area contributed by atoms with Crippen molar-refractivity contribution >= 4 is 5.97 Å². The number of aliphatic carboxylic acids is 1. The number of likely N-dealkylation sites (tertiary alicyclic amines) is 1. The summed E-state index contributed by atoms with van der Waals surface area (Å²) in [5.74, 6) is -0.0884. The highest BCUT2D eigenvalue weighted by Crippen LogP contribution is 2.26. The fourth-order valence-electron chi connectivity index (χ4n) is 3.16. The Hall–Kier alpha value is -0.610. The number of carboxylic acids is 1. The zero-order valence-corrected chi connectivity index (χ0v) is 10.5. The van der Waals surface area contributed by atoms with Gasteiger partial charge in [-0.3, -0.25) is 4.79 Å². The quantitative estimate of drug-likeness (QED) is 0.733. The lowest BCUT2D eigenvalue weighted by atomic mass is 9.99. The number of rotatable bonds is 3. The summed E-state index contributed by atoms with van der Waals surface area (Å²) in [6.45, 7) is 2.42. The molecular weight excluding hydrogens is 216 g/mol. The van der Waals surface area contributed by atoms with Crippen LogP contribution in [0.2, 0.25) is 0 Å². The summed E-state index contributed by atoms with van der Waals surface area (Å²) >= 11 is 0. The van der Waals surface area contributed by atoms with Crippen molar-refractivity contribution in [2.45, 2.75) is 50.5 Å². The summed E-state index contributed by atoms with van der Waals surface area (Å²) < 4.78 is 0. The molecule has 2 rings (SSSR count). The second-order valence-corrected chi connectivity index (χ2v) is 5.80. The van der Waals surface area contributed by atoms with E-state index in [-0.39, 0.29) is 0 Å². The summed E-state index contributed by atoms with van der Waals surface area (Å²) in [5, 5.41) is 9.09. The van der Waals surface area contributed by atoms with Crippen molar-refractivity contribution in [3.63, 3.8) is 0 Å². The van der Waals surface area contributed by atoms with Crippen LogP contribution in [0.25, 0.3) is 0 Å². The molecule has 1 heterocycles. The van der Waals surface area contributed by atoms with Gasteiger partial charge in [0.25, 0.3) is 0 Å². The Morgan fingerprint density at radius 3 is 2.47 bits per heavy atom. The Bertz CT molecular complexity index is 275. The predicted octanol–water partition coefficient (Wildman–Crippen LogP) is 1.44. The predicted molar refractivity (Wildman–Crippen MR) is 66.8 cm³/mol. The zero-order valence-electron chi connectivity index (χ0n) is 10.5. The highest BCUT2D eigenvalue weighted by Gasteiger charge is 2.41. The molecule has 0 spiro atoms. The highest BCUT2D eigenvalue weighted by atomic mass is 16.4. The molecule has 4 heteroatoms. The fraction of sp³-hybridized carbons (Fsp3) is 0.923. The minimum atomic E-state index is -0.995. The fourth-order valence-corrected chi connectivity index (χ4v) is 3.16. The lowest BCUT2D eigenvalue weighted by molar-refractivity contribution is -0.142. The van der Waals surface area contributed by atoms with Gasteiger partial charge >= 0.3 is 5.97 Å². The van der Waals surface area contributed by atoms with Gasteiger partial charge in [0.1, 0.15) is 5.54 Å². The summed E-state index contributed by atoms with van der Waals surface area (Å²) in [5.41, 5.74) is 4.89. The number of nitrogens with two attached hydrogens (primary N) is 1. The van der Waals surface area contributed by atoms with E-state index in [9.17, 15) is 4.79 Å². The Kier molecular flexibility index (Phi) is 4.05. The molecule has 1 saturated heterocycles. The maximum absolute atomic E-state index is 11.1. The lowest BCUT2D eigenvalue weighted by Gasteiger charge is -2.24. The maximum Gasteiger partial charge on any atom is 0.325 e. The van der Waals surface area contributed by atoms with Crippen LogP contribution in [0.5, 0.6) is 0 Å². The Morgan fingerprint density at radius 2 is 1.94 bits per heavy atom. The normalized spacial score (nSPS) is 32.5. The molecule has 0 radical (unpaired) electrons. The number of hydrogen-bond donors (Lipinski definition) is 2. The van der Waals surface area contributed by atoms with Gasteiger partial charge in [-0.25, -0.2) is 0 Å². The van der Waals surface area contributed by atoms with Crippen molar-refractivity contribution in [2.24, 2.45) is 11.7 Å². The molecule has 0 aromatic rings. The van der Waals surface area contributed by atoms with Gasteiger partial charge in [-0.05, 0) is 25.2 Å². The van der Waals surface area contributed by atoms with Crippen LogP contribution in [0.15, 0.2) is 0 Å². The van der Waals surface area contributed by atoms with Crippen LogP contribution in [0.3, 0.4) is 0 Å². The van der Waals surface area contributed by atoms with E-state index in [1.807, 2.05) is 0 Å². The molecule has 1 atom stereocenters. The molecule has 3 N–H and O–H groups in total. The monoisotopic (exact) mass is 240 g/mol. The third-order valence-corrected chi connectivity index (χ3v) is 4.30. The molecular formula is C13H24N2O2. The van der Waals surface area contributed by atoms with Crippen molar-refractivity contribution in [3.05, 3.63) is 0 Å². The van der Waals surface area contributed by atoms with Crippen LogP contribution in [0, 0.1) is 5.92 Å². The first-order valence-electron chi connectivity index (χ1n) is 6.85. The summed E-state index contributed by atoms with van der Waals surface area (Å²) in [4.78, 5) is 13.3. The molecule has 4 nitrogen and oxygen atoms in total. The molecule has 0 bridgehead atoms. The SMILES string of the molecule is NC1(C(=O)O)CCN(CC2CCCCCC2)C1. The van der Waals surface area contributed by atoms with E-state index in [0.717, 1.165) is 19.0 Å². The van der Waals surface area contributed by atoms with Gasteiger partial charge in [0, 0.05) is 19.6 Å². The standard InChI is InChI=1S/C13H24N2O2/c14-13(12(16)17)7-8-15(10-13)9-11-5-3-1-2-4-6-11/h11H,1-10,14H2,(H,16,17). The minimum absolute atomic E-state index is 0.527. The smallest absolute Gasteiger partial charge is 0.325 e. The van der Waals surface area contributed by atoms with Gasteiger partial charge in [-0.15, -0.1) is 0 Å². The van der Waals surface area contributed by atoms with Crippen molar-refractivity contribution < 1.29 is 9.90 Å². The van der Waals surface area contributed by atoms with Gasteiger partial charge in [0.15, 0.2) is 0 Å². The first-order chi connectivity index (χ1) is 8.10. The van der Waals surface area contributed by atoms with Crippen molar-refractivity contribution in [1.82, 2.24) is 4.90 Å². The van der Waals surface area contributed by atoms with Gasteiger partial charge in [-0.2, -0.15) is 0 Å². The molecule has 98 valence electrons. The first kappa shape index (κ1) is 12.8. The number of carbonyl (C=O) groups is 1. The summed E-state index contributed by atoms with van der Waals surface area (Å²) in [7, 11) is 0. The van der Waals surface area contributed by atoms with Gasteiger partial charge < -0.3 is 15.7 Å². The second-order valence-electron chi connectivity index (χ2n) is 5.80. The molecule has 0 amide bonds. The number of hydrogen-bond acceptors (Lipinski definition) is 3. The van der Waals surface area contributed by atoms with Crippen molar-refractivity contribution in [3.8, 4) is 0 Å². The number of carboxylic acid groups (broad SMARTS) is 1. The molecule has 0 aromatic carbocycles. The highest BCUT2D eigenvalue weighted by molar-refractivity contribution is 5.79. The lowest BCUT2D eigenvalue weighted by Crippen LogP contribution is -2.50. The van der Waals surface area contributed by atoms with Gasteiger partial charge in [0.05, 0.1) is 0 Å². The topological polar surface area (TPSA) is 66.6 Å². The van der Waals surface area contributed by atoms with Gasteiger partial charge in [0.2, 0.25) is 0 Å². The van der Waals surface area contributed by atoms with Crippen LogP contribution in [-0.4, -0.2) is 41.1 Å². The minimum Gasteiger partial charge on any atom is -0.480 e. The average molecular weight is 240 g/mol. The molecule has 1 unspecified atom stereocenters. The molecule has 2 aliphatic rings. The Morgan fingerprint density at radius 1 is 1.29 bits per heavy atom. The Balaban J connectivity index is 1.82. The second kappa shape index (κ2) is 5.36. The van der Waals surface area contributed by atoms with E-state index in [4.69, 9.17) is 10.8 Å². The van der Waals surface area contributed by atoms with Crippen molar-refractivity contribution in [2.75, 3.05) is 19.6 Å². The van der Waals surface area contributed by atoms with Crippen LogP contribution in [0.1, 0.15) is 44.9 Å². The first-order valence-corrected chi connectivity index (χ1v) is 6.85. The molecule has 0 aromatic heterocycles. The van der Waals surface area contributed by atoms with E-state index in [1.165, 1.54) is 38.5 Å². The third-order valence-electron chi connectivity index (χ3n) is 4.30. The third kappa shape index (κ3) is 3.19. The average Bonchev–Trinajstić information content (AvgIpc) is 2.51. The Labute approximate surface area is 103 Å². The van der Waals surface area contributed by atoms with Crippen LogP contribution < -0.4 is 5.73 Å². The molecule has 17 heavy (non-hydrogen) atoms. The van der Waals surface area contributed by atoms with Crippen molar-refractivity contribution in [1.29, 1.82) is 0 Å². The van der Waals surface area contributed by atoms with E-state index in [1.54, 1.807) is 0 Å². The largest absolute Gasteiger partial charge is 0.480 e. The van der Waals surface area contributed by atoms with E-state index in [0.29, 0.717) is 13.0 Å². The molecule has 1 saturated carbocycles. The number of nitrogens with zero attached hydrogens (tertiary/aromatic N) is 1. The molecule has 1 aliphatic carbocycles.